The van der Waals surface area contributed by atoms with Gasteiger partial charge in [0.1, 0.15) is 11.9 Å². The molecule has 0 radical (unpaired) electrons. The molecule has 3 nitrogen and oxygen atoms in total. The summed E-state index contributed by atoms with van der Waals surface area (Å²) in [6.45, 7) is 4.25. The molecule has 2 rings (SSSR count). The third-order valence-electron chi connectivity index (χ3n) is 2.59. The van der Waals surface area contributed by atoms with Crippen molar-refractivity contribution in [3.05, 3.63) is 45.8 Å². The molecule has 92 valence electrons. The van der Waals surface area contributed by atoms with Gasteiger partial charge in [-0.1, -0.05) is 0 Å². The van der Waals surface area contributed by atoms with Gasteiger partial charge in [-0.15, -0.1) is 11.3 Å². The highest BCUT2D eigenvalue weighted by atomic mass is 32.1. The van der Waals surface area contributed by atoms with Crippen LogP contribution in [0.2, 0.25) is 0 Å². The van der Waals surface area contributed by atoms with E-state index in [4.69, 9.17) is 5.26 Å². The molecule has 0 amide bonds. The van der Waals surface area contributed by atoms with E-state index in [0.29, 0.717) is 11.6 Å². The molecule has 0 saturated heterocycles. The zero-order valence-electron chi connectivity index (χ0n) is 10.5. The van der Waals surface area contributed by atoms with Crippen LogP contribution < -0.4 is 5.32 Å². The van der Waals surface area contributed by atoms with Gasteiger partial charge < -0.3 is 5.32 Å². The summed E-state index contributed by atoms with van der Waals surface area (Å²) in [5, 5.41) is 12.0. The highest BCUT2D eigenvalue weighted by molar-refractivity contribution is 7.11. The number of nitriles is 1. The summed E-state index contributed by atoms with van der Waals surface area (Å²) in [7, 11) is 0. The fourth-order valence-corrected chi connectivity index (χ4v) is 2.76. The van der Waals surface area contributed by atoms with E-state index in [2.05, 4.69) is 42.4 Å². The van der Waals surface area contributed by atoms with Gasteiger partial charge in [0.15, 0.2) is 0 Å². The first kappa shape index (κ1) is 12.6. The number of nitrogens with zero attached hydrogens (tertiary/aromatic N) is 2. The minimum absolute atomic E-state index is 0.323. The number of nitrogens with one attached hydrogen (secondary N) is 1. The van der Waals surface area contributed by atoms with Crippen LogP contribution in [0.1, 0.15) is 22.2 Å². The van der Waals surface area contributed by atoms with Gasteiger partial charge in [0.2, 0.25) is 0 Å². The first-order valence-electron chi connectivity index (χ1n) is 5.85. The second-order valence-corrected chi connectivity index (χ2v) is 5.68. The van der Waals surface area contributed by atoms with Gasteiger partial charge in [0.25, 0.3) is 0 Å². The Labute approximate surface area is 111 Å². The van der Waals surface area contributed by atoms with Crippen molar-refractivity contribution in [1.82, 2.24) is 4.98 Å². The van der Waals surface area contributed by atoms with Crippen LogP contribution in [0, 0.1) is 18.3 Å². The van der Waals surface area contributed by atoms with Crippen LogP contribution >= 0.6 is 11.3 Å². The third-order valence-corrected chi connectivity index (χ3v) is 3.61. The monoisotopic (exact) mass is 257 g/mol. The fraction of sp³-hybridized carbons (Fsp3) is 0.286. The van der Waals surface area contributed by atoms with Gasteiger partial charge in [-0.25, -0.2) is 4.98 Å². The first-order valence-corrected chi connectivity index (χ1v) is 6.67. The second-order valence-electron chi connectivity index (χ2n) is 4.31. The number of thiophene rings is 1. The topological polar surface area (TPSA) is 48.7 Å². The Hall–Kier alpha value is -1.86. The lowest BCUT2D eigenvalue weighted by molar-refractivity contribution is 0.794. The van der Waals surface area contributed by atoms with Crippen molar-refractivity contribution >= 4 is 17.2 Å². The SMILES string of the molecule is Cc1ccc(CC(C)Nc2ccc(C#N)cn2)s1. The van der Waals surface area contributed by atoms with E-state index in [1.54, 1.807) is 12.3 Å². The Balaban J connectivity index is 1.94. The van der Waals surface area contributed by atoms with Crippen molar-refractivity contribution in [1.29, 1.82) is 5.26 Å². The van der Waals surface area contributed by atoms with E-state index in [1.807, 2.05) is 17.4 Å². The molecule has 0 spiro atoms. The first-order chi connectivity index (χ1) is 8.67. The molecule has 0 aliphatic heterocycles. The second kappa shape index (κ2) is 5.65. The van der Waals surface area contributed by atoms with Crippen LogP contribution in [0.25, 0.3) is 0 Å². The molecule has 0 bridgehead atoms. The maximum Gasteiger partial charge on any atom is 0.126 e. The van der Waals surface area contributed by atoms with Crippen LogP contribution in [-0.2, 0) is 6.42 Å². The van der Waals surface area contributed by atoms with E-state index < -0.39 is 0 Å². The van der Waals surface area contributed by atoms with Crippen LogP contribution in [0.15, 0.2) is 30.5 Å². The number of rotatable bonds is 4. The Morgan fingerprint density at radius 1 is 1.39 bits per heavy atom. The summed E-state index contributed by atoms with van der Waals surface area (Å²) in [6, 6.07) is 10.3. The molecule has 1 atom stereocenters. The molecule has 2 heterocycles. The zero-order chi connectivity index (χ0) is 13.0. The van der Waals surface area contributed by atoms with Crippen LogP contribution in [0.3, 0.4) is 0 Å². The van der Waals surface area contributed by atoms with Crippen LogP contribution in [-0.4, -0.2) is 11.0 Å². The van der Waals surface area contributed by atoms with Gasteiger partial charge in [-0.3, -0.25) is 0 Å². The average Bonchev–Trinajstić information content (AvgIpc) is 2.75. The average molecular weight is 257 g/mol. The van der Waals surface area contributed by atoms with Gasteiger partial charge in [0, 0.05) is 28.4 Å². The minimum Gasteiger partial charge on any atom is -0.367 e. The maximum absolute atomic E-state index is 8.70. The predicted molar refractivity (Wildman–Crippen MR) is 74.8 cm³/mol. The Kier molecular flexibility index (Phi) is 3.96. The summed E-state index contributed by atoms with van der Waals surface area (Å²) in [6.07, 6.45) is 2.57. The highest BCUT2D eigenvalue weighted by Gasteiger charge is 2.06. The molecule has 2 aromatic rings. The standard InChI is InChI=1S/C14H15N3S/c1-10(7-13-5-3-11(2)18-13)17-14-6-4-12(8-15)9-16-14/h3-6,9-10H,7H2,1-2H3,(H,16,17). The molecule has 0 aliphatic carbocycles. The molecular formula is C14H15N3S. The van der Waals surface area contributed by atoms with Crippen molar-refractivity contribution in [2.24, 2.45) is 0 Å². The molecule has 0 fully saturated rings. The van der Waals surface area contributed by atoms with E-state index >= 15 is 0 Å². The molecular weight excluding hydrogens is 242 g/mol. The zero-order valence-corrected chi connectivity index (χ0v) is 11.3. The molecule has 4 heteroatoms. The smallest absolute Gasteiger partial charge is 0.126 e. The van der Waals surface area contributed by atoms with Crippen molar-refractivity contribution in [2.45, 2.75) is 26.3 Å². The molecule has 1 unspecified atom stereocenters. The van der Waals surface area contributed by atoms with E-state index in [0.717, 1.165) is 12.2 Å². The summed E-state index contributed by atoms with van der Waals surface area (Å²) < 4.78 is 0. The Bertz CT molecular complexity index is 551. The van der Waals surface area contributed by atoms with Crippen molar-refractivity contribution < 1.29 is 0 Å². The van der Waals surface area contributed by atoms with Gasteiger partial charge in [0.05, 0.1) is 5.56 Å². The number of aromatic nitrogens is 1. The summed E-state index contributed by atoms with van der Waals surface area (Å²) in [5.74, 6) is 0.815. The van der Waals surface area contributed by atoms with Crippen molar-refractivity contribution in [3.63, 3.8) is 0 Å². The molecule has 18 heavy (non-hydrogen) atoms. The summed E-state index contributed by atoms with van der Waals surface area (Å²) >= 11 is 1.83. The number of pyridine rings is 1. The normalized spacial score (nSPS) is 11.8. The van der Waals surface area contributed by atoms with Crippen molar-refractivity contribution in [3.8, 4) is 6.07 Å². The van der Waals surface area contributed by atoms with Gasteiger partial charge >= 0.3 is 0 Å². The lowest BCUT2D eigenvalue weighted by Gasteiger charge is -2.13. The summed E-state index contributed by atoms with van der Waals surface area (Å²) in [5.41, 5.74) is 0.585. The van der Waals surface area contributed by atoms with E-state index in [9.17, 15) is 0 Å². The predicted octanol–water partition coefficient (Wildman–Crippen LogP) is 3.37. The maximum atomic E-state index is 8.70. The lowest BCUT2D eigenvalue weighted by Crippen LogP contribution is -2.18. The molecule has 0 aromatic carbocycles. The summed E-state index contributed by atoms with van der Waals surface area (Å²) in [4.78, 5) is 6.92. The Morgan fingerprint density at radius 3 is 2.78 bits per heavy atom. The van der Waals surface area contributed by atoms with Crippen LogP contribution in [0.4, 0.5) is 5.82 Å². The van der Waals surface area contributed by atoms with E-state index in [1.165, 1.54) is 9.75 Å². The number of hydrogen-bond donors (Lipinski definition) is 1. The minimum atomic E-state index is 0.323. The Morgan fingerprint density at radius 2 is 2.22 bits per heavy atom. The molecule has 0 aliphatic rings. The van der Waals surface area contributed by atoms with Crippen molar-refractivity contribution in [2.75, 3.05) is 5.32 Å². The number of anilines is 1. The van der Waals surface area contributed by atoms with E-state index in [-0.39, 0.29) is 0 Å². The quantitative estimate of drug-likeness (QED) is 0.913. The third kappa shape index (κ3) is 3.31. The van der Waals surface area contributed by atoms with Crippen LogP contribution in [0.5, 0.6) is 0 Å². The highest BCUT2D eigenvalue weighted by Crippen LogP contribution is 2.18. The number of aryl methyl sites for hydroxylation is 1. The molecule has 1 N–H and O–H groups in total. The van der Waals surface area contributed by atoms with Gasteiger partial charge in [-0.05, 0) is 38.1 Å². The molecule has 2 aromatic heterocycles. The largest absolute Gasteiger partial charge is 0.367 e. The lowest BCUT2D eigenvalue weighted by atomic mass is 10.2. The fourth-order valence-electron chi connectivity index (χ4n) is 1.75. The van der Waals surface area contributed by atoms with Gasteiger partial charge in [-0.2, -0.15) is 5.26 Å². The molecule has 0 saturated carbocycles. The number of hydrogen-bond acceptors (Lipinski definition) is 4.